The number of rotatable bonds is 5. The quantitative estimate of drug-likeness (QED) is 0.834. The summed E-state index contributed by atoms with van der Waals surface area (Å²) in [6.45, 7) is 1.74. The van der Waals surface area contributed by atoms with Crippen LogP contribution in [0.25, 0.3) is 11.3 Å². The molecule has 18 heavy (non-hydrogen) atoms. The van der Waals surface area contributed by atoms with Gasteiger partial charge in [0.05, 0.1) is 5.69 Å². The molecule has 5 heteroatoms. The largest absolute Gasteiger partial charge is 0.367 e. The summed E-state index contributed by atoms with van der Waals surface area (Å²) in [5, 5.41) is 14.6. The first kappa shape index (κ1) is 13.0. The minimum atomic E-state index is 0.797. The van der Waals surface area contributed by atoms with Crippen molar-refractivity contribution >= 4 is 21.7 Å². The van der Waals surface area contributed by atoms with Crippen molar-refractivity contribution in [1.82, 2.24) is 15.5 Å². The van der Waals surface area contributed by atoms with Crippen molar-refractivity contribution in [2.24, 2.45) is 0 Å². The van der Waals surface area contributed by atoms with E-state index < -0.39 is 0 Å². The van der Waals surface area contributed by atoms with Crippen molar-refractivity contribution < 1.29 is 0 Å². The van der Waals surface area contributed by atoms with Gasteiger partial charge in [-0.1, -0.05) is 28.1 Å². The minimum Gasteiger partial charge on any atom is -0.367 e. The van der Waals surface area contributed by atoms with Crippen LogP contribution in [0.3, 0.4) is 0 Å². The van der Waals surface area contributed by atoms with Gasteiger partial charge in [-0.15, -0.1) is 10.2 Å². The molecule has 0 fully saturated rings. The van der Waals surface area contributed by atoms with Crippen molar-refractivity contribution in [1.29, 1.82) is 0 Å². The lowest BCUT2D eigenvalue weighted by Gasteiger charge is -2.05. The van der Waals surface area contributed by atoms with Gasteiger partial charge < -0.3 is 10.6 Å². The number of hydrogen-bond acceptors (Lipinski definition) is 4. The summed E-state index contributed by atoms with van der Waals surface area (Å²) in [5.41, 5.74) is 1.94. The number of aromatic nitrogens is 2. The Kier molecular flexibility index (Phi) is 4.66. The van der Waals surface area contributed by atoms with Gasteiger partial charge in [0.25, 0.3) is 0 Å². The number of nitrogens with zero attached hydrogens (tertiary/aromatic N) is 2. The molecule has 0 saturated carbocycles. The topological polar surface area (TPSA) is 49.8 Å². The van der Waals surface area contributed by atoms with Crippen LogP contribution in [0.15, 0.2) is 40.9 Å². The Hall–Kier alpha value is -1.46. The van der Waals surface area contributed by atoms with Gasteiger partial charge in [0, 0.05) is 23.1 Å². The molecule has 1 aromatic carbocycles. The van der Waals surface area contributed by atoms with Gasteiger partial charge in [-0.2, -0.15) is 0 Å². The van der Waals surface area contributed by atoms with E-state index in [2.05, 4.69) is 36.8 Å². The highest BCUT2D eigenvalue weighted by atomic mass is 79.9. The summed E-state index contributed by atoms with van der Waals surface area (Å²) in [6.07, 6.45) is 0. The number of hydrogen-bond donors (Lipinski definition) is 2. The molecule has 0 unspecified atom stereocenters. The molecule has 0 aliphatic heterocycles. The minimum absolute atomic E-state index is 0.797. The fourth-order valence-corrected chi connectivity index (χ4v) is 1.78. The van der Waals surface area contributed by atoms with Gasteiger partial charge in [-0.05, 0) is 31.3 Å². The van der Waals surface area contributed by atoms with E-state index in [9.17, 15) is 0 Å². The Labute approximate surface area is 115 Å². The van der Waals surface area contributed by atoms with E-state index in [-0.39, 0.29) is 0 Å². The maximum absolute atomic E-state index is 4.21. The molecule has 1 aromatic heterocycles. The van der Waals surface area contributed by atoms with Crippen LogP contribution >= 0.6 is 15.9 Å². The third-order valence-corrected chi connectivity index (χ3v) is 3.01. The molecule has 2 N–H and O–H groups in total. The van der Waals surface area contributed by atoms with Crippen LogP contribution in [0.4, 0.5) is 5.82 Å². The van der Waals surface area contributed by atoms with Crippen LogP contribution in [0, 0.1) is 0 Å². The summed E-state index contributed by atoms with van der Waals surface area (Å²) in [5.74, 6) is 0.797. The molecule has 0 atom stereocenters. The van der Waals surface area contributed by atoms with Crippen LogP contribution < -0.4 is 10.6 Å². The van der Waals surface area contributed by atoms with E-state index in [4.69, 9.17) is 0 Å². The first-order chi connectivity index (χ1) is 8.79. The summed E-state index contributed by atoms with van der Waals surface area (Å²) in [4.78, 5) is 0. The second kappa shape index (κ2) is 6.47. The van der Waals surface area contributed by atoms with Crippen LogP contribution in [-0.2, 0) is 0 Å². The highest BCUT2D eigenvalue weighted by molar-refractivity contribution is 9.10. The van der Waals surface area contributed by atoms with Gasteiger partial charge in [-0.25, -0.2) is 0 Å². The number of nitrogens with one attached hydrogen (secondary N) is 2. The lowest BCUT2D eigenvalue weighted by Crippen LogP contribution is -2.18. The van der Waals surface area contributed by atoms with Crippen LogP contribution in [-0.4, -0.2) is 30.3 Å². The molecular formula is C13H15BrN4. The maximum atomic E-state index is 4.21. The van der Waals surface area contributed by atoms with Gasteiger partial charge in [-0.3, -0.25) is 0 Å². The zero-order valence-electron chi connectivity index (χ0n) is 10.2. The van der Waals surface area contributed by atoms with Crippen molar-refractivity contribution in [2.45, 2.75) is 0 Å². The molecule has 0 bridgehead atoms. The summed E-state index contributed by atoms with van der Waals surface area (Å²) < 4.78 is 1.06. The predicted octanol–water partition coefficient (Wildman–Crippen LogP) is 2.54. The molecule has 0 spiro atoms. The highest BCUT2D eigenvalue weighted by Gasteiger charge is 2.00. The van der Waals surface area contributed by atoms with E-state index in [1.54, 1.807) is 0 Å². The summed E-state index contributed by atoms with van der Waals surface area (Å²) >= 11 is 3.41. The monoisotopic (exact) mass is 306 g/mol. The lowest BCUT2D eigenvalue weighted by molar-refractivity contribution is 0.818. The van der Waals surface area contributed by atoms with E-state index in [0.29, 0.717) is 0 Å². The fourth-order valence-electron chi connectivity index (χ4n) is 1.52. The molecule has 0 amide bonds. The Morgan fingerprint density at radius 3 is 2.39 bits per heavy atom. The molecule has 4 nitrogen and oxygen atoms in total. The number of benzene rings is 1. The van der Waals surface area contributed by atoms with E-state index >= 15 is 0 Å². The van der Waals surface area contributed by atoms with Crippen molar-refractivity contribution in [3.05, 3.63) is 40.9 Å². The highest BCUT2D eigenvalue weighted by Crippen LogP contribution is 2.19. The molecule has 0 aliphatic carbocycles. The van der Waals surface area contributed by atoms with Crippen molar-refractivity contribution in [2.75, 3.05) is 25.5 Å². The van der Waals surface area contributed by atoms with Crippen LogP contribution in [0.2, 0.25) is 0 Å². The second-order valence-electron chi connectivity index (χ2n) is 3.84. The van der Waals surface area contributed by atoms with E-state index in [1.807, 2.05) is 43.4 Å². The molecule has 2 rings (SSSR count). The molecular weight excluding hydrogens is 292 g/mol. The Morgan fingerprint density at radius 2 is 1.78 bits per heavy atom. The van der Waals surface area contributed by atoms with Gasteiger partial charge >= 0.3 is 0 Å². The normalized spacial score (nSPS) is 10.3. The molecule has 0 radical (unpaired) electrons. The number of likely N-dealkylation sites (N-methyl/N-ethyl adjacent to an activating group) is 1. The Morgan fingerprint density at radius 1 is 1.00 bits per heavy atom. The molecule has 2 aromatic rings. The SMILES string of the molecule is CNCCNc1ccc(-c2ccc(Br)cc2)nn1. The van der Waals surface area contributed by atoms with Gasteiger partial charge in [0.1, 0.15) is 5.82 Å². The molecule has 0 saturated heterocycles. The second-order valence-corrected chi connectivity index (χ2v) is 4.76. The molecule has 94 valence electrons. The number of halogens is 1. The summed E-state index contributed by atoms with van der Waals surface area (Å²) in [7, 11) is 1.92. The molecule has 1 heterocycles. The average molecular weight is 307 g/mol. The first-order valence-electron chi connectivity index (χ1n) is 5.78. The maximum Gasteiger partial charge on any atom is 0.148 e. The zero-order chi connectivity index (χ0) is 12.8. The third-order valence-electron chi connectivity index (χ3n) is 2.49. The van der Waals surface area contributed by atoms with Crippen molar-refractivity contribution in [3.8, 4) is 11.3 Å². The predicted molar refractivity (Wildman–Crippen MR) is 77.6 cm³/mol. The van der Waals surface area contributed by atoms with Crippen molar-refractivity contribution in [3.63, 3.8) is 0 Å². The van der Waals surface area contributed by atoms with Crippen LogP contribution in [0.5, 0.6) is 0 Å². The van der Waals surface area contributed by atoms with Gasteiger partial charge in [0.15, 0.2) is 0 Å². The van der Waals surface area contributed by atoms with Crippen LogP contribution in [0.1, 0.15) is 0 Å². The lowest BCUT2D eigenvalue weighted by atomic mass is 10.1. The Bertz CT molecular complexity index is 481. The zero-order valence-corrected chi connectivity index (χ0v) is 11.7. The molecule has 0 aliphatic rings. The summed E-state index contributed by atoms with van der Waals surface area (Å²) in [6, 6.07) is 11.9. The average Bonchev–Trinajstić information content (AvgIpc) is 2.41. The van der Waals surface area contributed by atoms with Gasteiger partial charge in [0.2, 0.25) is 0 Å². The van der Waals surface area contributed by atoms with E-state index in [0.717, 1.165) is 34.6 Å². The third kappa shape index (κ3) is 3.51. The fraction of sp³-hybridized carbons (Fsp3) is 0.231. The standard InChI is InChI=1S/C13H15BrN4/c1-15-8-9-16-13-7-6-12(17-18-13)10-2-4-11(14)5-3-10/h2-7,15H,8-9H2,1H3,(H,16,18). The first-order valence-corrected chi connectivity index (χ1v) is 6.57. The number of anilines is 1. The van der Waals surface area contributed by atoms with E-state index in [1.165, 1.54) is 0 Å². The Balaban J connectivity index is 2.05. The smallest absolute Gasteiger partial charge is 0.148 e.